The summed E-state index contributed by atoms with van der Waals surface area (Å²) >= 11 is 0. The molecule has 0 fully saturated rings. The van der Waals surface area contributed by atoms with Gasteiger partial charge in [0.15, 0.2) is 5.82 Å². The summed E-state index contributed by atoms with van der Waals surface area (Å²) in [6.07, 6.45) is 0. The van der Waals surface area contributed by atoms with Crippen molar-refractivity contribution in [2.75, 3.05) is 0 Å². The largest absolute Gasteiger partial charge is 0.455 e. The summed E-state index contributed by atoms with van der Waals surface area (Å²) in [5.74, 6) is 0.656. The first-order valence-electron chi connectivity index (χ1n) is 19.5. The Kier molecular flexibility index (Phi) is 7.16. The van der Waals surface area contributed by atoms with Crippen molar-refractivity contribution in [2.45, 2.75) is 0 Å². The summed E-state index contributed by atoms with van der Waals surface area (Å²) in [5.41, 5.74) is 12.5. The van der Waals surface area contributed by atoms with Crippen LogP contribution in [-0.4, -0.2) is 19.5 Å². The molecule has 12 rings (SSSR count). The molecule has 0 aliphatic carbocycles. The predicted molar refractivity (Wildman–Crippen MR) is 238 cm³/mol. The van der Waals surface area contributed by atoms with Crippen LogP contribution in [0.3, 0.4) is 0 Å². The van der Waals surface area contributed by atoms with E-state index in [1.165, 1.54) is 10.8 Å². The Morgan fingerprint density at radius 3 is 1.90 bits per heavy atom. The third kappa shape index (κ3) is 5.00. The molecule has 0 aliphatic heterocycles. The van der Waals surface area contributed by atoms with E-state index in [2.05, 4.69) is 174 Å². The highest BCUT2D eigenvalue weighted by molar-refractivity contribution is 6.29. The summed E-state index contributed by atoms with van der Waals surface area (Å²) in [6.45, 7) is 0. The maximum Gasteiger partial charge on any atom is 0.160 e. The molecule has 0 saturated heterocycles. The van der Waals surface area contributed by atoms with Crippen molar-refractivity contribution in [1.29, 1.82) is 0 Å². The van der Waals surface area contributed by atoms with Crippen LogP contribution in [0.15, 0.2) is 199 Å². The lowest BCUT2D eigenvalue weighted by molar-refractivity contribution is 0.670. The van der Waals surface area contributed by atoms with Crippen molar-refractivity contribution in [3.63, 3.8) is 0 Å². The van der Waals surface area contributed by atoms with Gasteiger partial charge in [0.1, 0.15) is 11.2 Å². The van der Waals surface area contributed by atoms with Gasteiger partial charge >= 0.3 is 0 Å². The maximum atomic E-state index is 6.90. The van der Waals surface area contributed by atoms with Crippen molar-refractivity contribution >= 4 is 65.4 Å². The Morgan fingerprint density at radius 2 is 1.07 bits per heavy atom. The van der Waals surface area contributed by atoms with Gasteiger partial charge in [0.25, 0.3) is 0 Å². The summed E-state index contributed by atoms with van der Waals surface area (Å²) < 4.78 is 9.24. The highest BCUT2D eigenvalue weighted by Crippen LogP contribution is 2.44. The molecule has 4 aromatic heterocycles. The summed E-state index contributed by atoms with van der Waals surface area (Å²) in [6, 6.07) is 67.6. The Labute approximate surface area is 333 Å². The van der Waals surface area contributed by atoms with E-state index in [0.717, 1.165) is 99.7 Å². The van der Waals surface area contributed by atoms with Gasteiger partial charge in [-0.3, -0.25) is 0 Å². The first-order chi connectivity index (χ1) is 28.8. The van der Waals surface area contributed by atoms with Crippen LogP contribution in [0.25, 0.3) is 116 Å². The van der Waals surface area contributed by atoms with Crippen LogP contribution in [0.4, 0.5) is 0 Å². The fourth-order valence-electron chi connectivity index (χ4n) is 8.78. The topological polar surface area (TPSA) is 56.7 Å². The van der Waals surface area contributed by atoms with Crippen molar-refractivity contribution < 1.29 is 4.42 Å². The number of para-hydroxylation sites is 4. The molecule has 0 atom stereocenters. The van der Waals surface area contributed by atoms with Crippen LogP contribution in [0.2, 0.25) is 0 Å². The molecular weight excluding hydrogens is 709 g/mol. The Balaban J connectivity index is 1.10. The average Bonchev–Trinajstić information content (AvgIpc) is 3.85. The fraction of sp³-hybridized carbons (Fsp3) is 0. The van der Waals surface area contributed by atoms with E-state index in [0.29, 0.717) is 5.82 Å². The summed E-state index contributed by atoms with van der Waals surface area (Å²) in [7, 11) is 0. The number of fused-ring (bicyclic) bond motifs is 10. The zero-order valence-corrected chi connectivity index (χ0v) is 31.2. The van der Waals surface area contributed by atoms with E-state index >= 15 is 0 Å². The molecule has 0 amide bonds. The van der Waals surface area contributed by atoms with Crippen LogP contribution in [0, 0.1) is 0 Å². The third-order valence-electron chi connectivity index (χ3n) is 11.4. The molecule has 0 spiro atoms. The number of furan rings is 1. The van der Waals surface area contributed by atoms with E-state index in [1.807, 2.05) is 24.3 Å². The standard InChI is InChI=1S/C53H32N4O/c1-4-15-33(16-5-1)51-40-28-30-48-50(49(40)38-22-10-12-25-43(38)54-51)41-24-14-23-39(52(41)58-48)45-32-44(55-53(56-45)34-17-6-2-7-18-34)35-27-29-47-42(31-35)37-21-11-13-26-46(37)57(47)36-19-8-3-9-20-36/h1-32H. The van der Waals surface area contributed by atoms with Crippen LogP contribution < -0.4 is 0 Å². The number of benzene rings is 8. The minimum atomic E-state index is 0.656. The van der Waals surface area contributed by atoms with E-state index in [4.69, 9.17) is 19.4 Å². The lowest BCUT2D eigenvalue weighted by atomic mass is 9.95. The van der Waals surface area contributed by atoms with Crippen molar-refractivity contribution in [3.05, 3.63) is 194 Å². The van der Waals surface area contributed by atoms with Crippen LogP contribution in [-0.2, 0) is 0 Å². The molecule has 0 radical (unpaired) electrons. The van der Waals surface area contributed by atoms with Crippen molar-refractivity contribution in [3.8, 4) is 50.8 Å². The molecule has 0 saturated carbocycles. The minimum absolute atomic E-state index is 0.656. The van der Waals surface area contributed by atoms with Gasteiger partial charge in [-0.15, -0.1) is 0 Å². The highest BCUT2D eigenvalue weighted by atomic mass is 16.3. The second kappa shape index (κ2) is 12.8. The van der Waals surface area contributed by atoms with Gasteiger partial charge < -0.3 is 8.98 Å². The number of hydrogen-bond donors (Lipinski definition) is 0. The molecule has 0 bridgehead atoms. The maximum absolute atomic E-state index is 6.90. The van der Waals surface area contributed by atoms with Crippen molar-refractivity contribution in [2.24, 2.45) is 0 Å². The monoisotopic (exact) mass is 740 g/mol. The minimum Gasteiger partial charge on any atom is -0.455 e. The van der Waals surface area contributed by atoms with Gasteiger partial charge in [-0.1, -0.05) is 133 Å². The first kappa shape index (κ1) is 32.4. The smallest absolute Gasteiger partial charge is 0.160 e. The third-order valence-corrected chi connectivity index (χ3v) is 11.4. The number of nitrogens with zero attached hydrogens (tertiary/aromatic N) is 4. The molecule has 270 valence electrons. The highest BCUT2D eigenvalue weighted by Gasteiger charge is 2.21. The second-order valence-electron chi connectivity index (χ2n) is 14.7. The van der Waals surface area contributed by atoms with E-state index in [-0.39, 0.29) is 0 Å². The molecule has 5 nitrogen and oxygen atoms in total. The number of pyridine rings is 1. The molecule has 58 heavy (non-hydrogen) atoms. The molecule has 0 aliphatic rings. The van der Waals surface area contributed by atoms with Gasteiger partial charge in [-0.25, -0.2) is 15.0 Å². The van der Waals surface area contributed by atoms with Crippen LogP contribution in [0.1, 0.15) is 0 Å². The molecule has 0 N–H and O–H groups in total. The number of hydrogen-bond acceptors (Lipinski definition) is 4. The Bertz CT molecular complexity index is 3550. The predicted octanol–water partition coefficient (Wildman–Crippen LogP) is 13.8. The Morgan fingerprint density at radius 1 is 0.397 bits per heavy atom. The summed E-state index contributed by atoms with van der Waals surface area (Å²) in [4.78, 5) is 15.7. The molecular formula is C53H32N4O. The van der Waals surface area contributed by atoms with Crippen molar-refractivity contribution in [1.82, 2.24) is 19.5 Å². The lowest BCUT2D eigenvalue weighted by Gasteiger charge is -2.11. The fourth-order valence-corrected chi connectivity index (χ4v) is 8.78. The molecule has 12 aromatic rings. The summed E-state index contributed by atoms with van der Waals surface area (Å²) in [5, 5.41) is 7.78. The SMILES string of the molecule is c1ccc(-c2nc(-c3ccc4c(c3)c3ccccc3n4-c3ccccc3)cc(-c3cccc4c3oc3ccc5c(-c6ccccc6)nc6ccccc6c5c34)n2)cc1. The Hall–Kier alpha value is -7.89. The van der Waals surface area contributed by atoms with Gasteiger partial charge in [0.05, 0.1) is 33.6 Å². The molecule has 0 unspecified atom stereocenters. The normalized spacial score (nSPS) is 11.8. The van der Waals surface area contributed by atoms with Crippen LogP contribution >= 0.6 is 0 Å². The quantitative estimate of drug-likeness (QED) is 0.165. The van der Waals surface area contributed by atoms with E-state index < -0.39 is 0 Å². The van der Waals surface area contributed by atoms with Gasteiger partial charge in [-0.05, 0) is 60.7 Å². The first-order valence-corrected chi connectivity index (χ1v) is 19.5. The number of aromatic nitrogens is 4. The van der Waals surface area contributed by atoms with Gasteiger partial charge in [0.2, 0.25) is 0 Å². The van der Waals surface area contributed by atoms with Crippen LogP contribution in [0.5, 0.6) is 0 Å². The van der Waals surface area contributed by atoms with Gasteiger partial charge in [0, 0.05) is 65.6 Å². The lowest BCUT2D eigenvalue weighted by Crippen LogP contribution is -1.96. The zero-order chi connectivity index (χ0) is 38.2. The number of rotatable bonds is 5. The second-order valence-corrected chi connectivity index (χ2v) is 14.7. The molecule has 5 heteroatoms. The van der Waals surface area contributed by atoms with E-state index in [1.54, 1.807) is 0 Å². The van der Waals surface area contributed by atoms with E-state index in [9.17, 15) is 0 Å². The average molecular weight is 741 g/mol. The molecule has 8 aromatic carbocycles. The molecule has 4 heterocycles. The van der Waals surface area contributed by atoms with Gasteiger partial charge in [-0.2, -0.15) is 0 Å². The zero-order valence-electron chi connectivity index (χ0n) is 31.2.